The maximum absolute atomic E-state index is 11.6. The number of ether oxygens (including phenoxy) is 1. The molecule has 0 spiro atoms. The molecule has 2 N–H and O–H groups in total. The third-order valence-electron chi connectivity index (χ3n) is 5.59. The molecule has 0 amide bonds. The summed E-state index contributed by atoms with van der Waals surface area (Å²) in [5.74, 6) is 0.770. The highest BCUT2D eigenvalue weighted by molar-refractivity contribution is 7.85. The molecule has 0 aliphatic carbocycles. The van der Waals surface area contributed by atoms with E-state index in [9.17, 15) is 8.42 Å². The summed E-state index contributed by atoms with van der Waals surface area (Å²) < 4.78 is 33.9. The van der Waals surface area contributed by atoms with Crippen LogP contribution in [-0.2, 0) is 31.8 Å². The number of aliphatic imine (C=N–C) groups is 1. The first-order valence-electron chi connectivity index (χ1n) is 12.1. The van der Waals surface area contributed by atoms with Crippen molar-refractivity contribution < 1.29 is 17.4 Å². The fourth-order valence-electron chi connectivity index (χ4n) is 3.42. The average molecular weight is 524 g/mol. The molecule has 3 aromatic rings. The Hall–Kier alpha value is -3.36. The van der Waals surface area contributed by atoms with Crippen LogP contribution in [0.4, 0.5) is 11.4 Å². The van der Waals surface area contributed by atoms with Crippen LogP contribution < -0.4 is 15.5 Å². The van der Waals surface area contributed by atoms with Gasteiger partial charge in [0.2, 0.25) is 5.96 Å². The minimum atomic E-state index is -3.75. The second-order valence-electron chi connectivity index (χ2n) is 11.0. The van der Waals surface area contributed by atoms with Crippen LogP contribution in [0.2, 0.25) is 0 Å². The largest absolute Gasteiger partial charge is 0.489 e. The van der Waals surface area contributed by atoms with Crippen LogP contribution in [0.5, 0.6) is 5.75 Å². The number of nitrogens with one attached hydrogen (secondary N) is 2. The van der Waals surface area contributed by atoms with Gasteiger partial charge in [0.05, 0.1) is 11.9 Å². The van der Waals surface area contributed by atoms with Gasteiger partial charge in [-0.15, -0.1) is 4.28 Å². The Kier molecular flexibility index (Phi) is 8.66. The van der Waals surface area contributed by atoms with Crippen molar-refractivity contribution in [3.8, 4) is 5.75 Å². The van der Waals surface area contributed by atoms with Gasteiger partial charge in [0.15, 0.2) is 0 Å². The van der Waals surface area contributed by atoms with E-state index in [1.54, 1.807) is 0 Å². The first kappa shape index (κ1) is 28.2. The zero-order chi connectivity index (χ0) is 27.3. The van der Waals surface area contributed by atoms with E-state index in [-0.39, 0.29) is 16.8 Å². The third kappa shape index (κ3) is 9.22. The average Bonchev–Trinajstić information content (AvgIpc) is 2.80. The quantitative estimate of drug-likeness (QED) is 0.210. The fourth-order valence-corrected chi connectivity index (χ4v) is 3.65. The van der Waals surface area contributed by atoms with Crippen LogP contribution in [0.3, 0.4) is 0 Å². The molecular weight excluding hydrogens is 486 g/mol. The summed E-state index contributed by atoms with van der Waals surface area (Å²) in [6.07, 6.45) is 0.957. The molecule has 0 aliphatic rings. The van der Waals surface area contributed by atoms with Crippen molar-refractivity contribution in [3.63, 3.8) is 0 Å². The summed E-state index contributed by atoms with van der Waals surface area (Å²) in [6, 6.07) is 23.5. The van der Waals surface area contributed by atoms with Crippen LogP contribution in [0.25, 0.3) is 0 Å². The van der Waals surface area contributed by atoms with Crippen molar-refractivity contribution in [2.45, 2.75) is 59.0 Å². The number of benzene rings is 3. The number of nitrogens with zero attached hydrogens (tertiary/aromatic N) is 1. The number of anilines is 1. The van der Waals surface area contributed by atoms with Gasteiger partial charge in [-0.3, -0.25) is 0 Å². The zero-order valence-corrected chi connectivity index (χ0v) is 23.4. The molecule has 0 saturated heterocycles. The summed E-state index contributed by atoms with van der Waals surface area (Å²) in [5.41, 5.74) is 7.30. The van der Waals surface area contributed by atoms with Crippen LogP contribution in [-0.4, -0.2) is 20.6 Å². The second kappa shape index (κ2) is 11.4. The first-order chi connectivity index (χ1) is 17.2. The molecule has 3 aromatic carbocycles. The van der Waals surface area contributed by atoms with E-state index in [2.05, 4.69) is 81.6 Å². The number of rotatable bonds is 7. The predicted molar refractivity (Wildman–Crippen MR) is 151 cm³/mol. The zero-order valence-electron chi connectivity index (χ0n) is 22.6. The maximum Gasteiger partial charge on any atom is 0.285 e. The highest BCUT2D eigenvalue weighted by Gasteiger charge is 2.14. The van der Waals surface area contributed by atoms with Crippen molar-refractivity contribution in [3.05, 3.63) is 89.5 Å². The van der Waals surface area contributed by atoms with E-state index in [4.69, 9.17) is 9.02 Å². The van der Waals surface area contributed by atoms with Crippen molar-refractivity contribution in [2.75, 3.05) is 11.6 Å². The van der Waals surface area contributed by atoms with Crippen molar-refractivity contribution in [1.29, 1.82) is 0 Å². The molecule has 0 heterocycles. The van der Waals surface area contributed by atoms with Crippen molar-refractivity contribution in [1.82, 2.24) is 5.48 Å². The van der Waals surface area contributed by atoms with Gasteiger partial charge in [0.1, 0.15) is 12.4 Å². The van der Waals surface area contributed by atoms with E-state index < -0.39 is 10.1 Å². The van der Waals surface area contributed by atoms with Crippen LogP contribution >= 0.6 is 0 Å². The topological polar surface area (TPSA) is 89.0 Å². The Morgan fingerprint density at radius 2 is 1.41 bits per heavy atom. The lowest BCUT2D eigenvalue weighted by Gasteiger charge is -2.19. The Morgan fingerprint density at radius 1 is 0.838 bits per heavy atom. The van der Waals surface area contributed by atoms with Gasteiger partial charge in [0, 0.05) is 11.8 Å². The molecule has 0 unspecified atom stereocenters. The summed E-state index contributed by atoms with van der Waals surface area (Å²) in [6.45, 7) is 13.4. The van der Waals surface area contributed by atoms with Crippen LogP contribution in [0, 0.1) is 0 Å². The van der Waals surface area contributed by atoms with Gasteiger partial charge >= 0.3 is 0 Å². The van der Waals surface area contributed by atoms with Crippen LogP contribution in [0.1, 0.15) is 58.2 Å². The highest BCUT2D eigenvalue weighted by Crippen LogP contribution is 2.25. The van der Waals surface area contributed by atoms with Gasteiger partial charge in [-0.25, -0.2) is 10.5 Å². The van der Waals surface area contributed by atoms with Crippen molar-refractivity contribution in [2.24, 2.45) is 4.99 Å². The SMILES string of the molecule is CC(C)(C)c1ccc(COc2cccc(NC(=Nc3ccc(C(C)(C)C)cc3)NOS(C)(=O)=O)c2)cc1. The molecule has 0 aliphatic heterocycles. The highest BCUT2D eigenvalue weighted by atomic mass is 32.2. The first-order valence-corrected chi connectivity index (χ1v) is 13.9. The molecule has 8 heteroatoms. The van der Waals surface area contributed by atoms with Crippen molar-refractivity contribution >= 4 is 27.5 Å². The van der Waals surface area contributed by atoms with Gasteiger partial charge in [0.25, 0.3) is 10.1 Å². The lowest BCUT2D eigenvalue weighted by Crippen LogP contribution is -2.32. The standard InChI is InChI=1S/C29H37N3O4S/c1-28(2,3)22-13-11-21(12-14-22)20-35-26-10-8-9-25(19-26)31-27(32-36-37(7,33)34)30-24-17-15-23(16-18-24)29(4,5)6/h8-19H,20H2,1-7H3,(H2,30,31,32). The summed E-state index contributed by atoms with van der Waals surface area (Å²) in [4.78, 5) is 4.50. The smallest absolute Gasteiger partial charge is 0.285 e. The molecule has 3 rings (SSSR count). The number of hydrogen-bond donors (Lipinski definition) is 2. The van der Waals surface area contributed by atoms with Gasteiger partial charge in [-0.1, -0.05) is 84.0 Å². The third-order valence-corrected chi connectivity index (χ3v) is 5.97. The lowest BCUT2D eigenvalue weighted by atomic mass is 9.87. The summed E-state index contributed by atoms with van der Waals surface area (Å²) in [7, 11) is -3.75. The Bertz CT molecular complexity index is 1320. The molecule has 198 valence electrons. The van der Waals surface area contributed by atoms with E-state index >= 15 is 0 Å². The minimum absolute atomic E-state index is 0.00996. The van der Waals surface area contributed by atoms with Gasteiger partial charge in [-0.2, -0.15) is 8.42 Å². The minimum Gasteiger partial charge on any atom is -0.489 e. The lowest BCUT2D eigenvalue weighted by molar-refractivity contribution is 0.270. The fraction of sp³-hybridized carbons (Fsp3) is 0.345. The van der Waals surface area contributed by atoms with E-state index in [1.807, 2.05) is 48.5 Å². The molecule has 7 nitrogen and oxygen atoms in total. The Balaban J connectivity index is 1.74. The molecule has 0 bridgehead atoms. The number of hydroxylamine groups is 1. The number of hydrogen-bond acceptors (Lipinski definition) is 5. The molecule has 0 aromatic heterocycles. The maximum atomic E-state index is 11.6. The van der Waals surface area contributed by atoms with E-state index in [0.717, 1.165) is 11.8 Å². The molecule has 0 saturated carbocycles. The van der Waals surface area contributed by atoms with Crippen LogP contribution in [0.15, 0.2) is 77.8 Å². The summed E-state index contributed by atoms with van der Waals surface area (Å²) in [5, 5.41) is 3.08. The molecule has 0 atom stereocenters. The Morgan fingerprint density at radius 3 is 1.95 bits per heavy atom. The summed E-state index contributed by atoms with van der Waals surface area (Å²) >= 11 is 0. The molecule has 37 heavy (non-hydrogen) atoms. The number of guanidine groups is 1. The van der Waals surface area contributed by atoms with E-state index in [0.29, 0.717) is 23.7 Å². The second-order valence-corrected chi connectivity index (χ2v) is 12.6. The molecular formula is C29H37N3O4S. The normalized spacial score (nSPS) is 12.8. The van der Waals surface area contributed by atoms with Gasteiger partial charge in [-0.05, 0) is 51.8 Å². The molecule has 0 fully saturated rings. The molecule has 0 radical (unpaired) electrons. The monoisotopic (exact) mass is 523 g/mol. The Labute approximate surface area is 221 Å². The van der Waals surface area contributed by atoms with Gasteiger partial charge < -0.3 is 10.1 Å². The van der Waals surface area contributed by atoms with E-state index in [1.165, 1.54) is 11.1 Å². The predicted octanol–water partition coefficient (Wildman–Crippen LogP) is 6.44.